The van der Waals surface area contributed by atoms with Crippen LogP contribution in [0.25, 0.3) is 5.69 Å². The Morgan fingerprint density at radius 1 is 1.00 bits per heavy atom. The molecule has 0 bridgehead atoms. The van der Waals surface area contributed by atoms with Gasteiger partial charge in [0, 0.05) is 12.1 Å². The van der Waals surface area contributed by atoms with E-state index in [1.54, 1.807) is 12.1 Å². The lowest BCUT2D eigenvalue weighted by Gasteiger charge is -2.26. The van der Waals surface area contributed by atoms with E-state index in [2.05, 4.69) is 25.1 Å². The van der Waals surface area contributed by atoms with Crippen molar-refractivity contribution in [2.75, 3.05) is 16.0 Å². The summed E-state index contributed by atoms with van der Waals surface area (Å²) in [7, 11) is 0. The van der Waals surface area contributed by atoms with E-state index < -0.39 is 18.0 Å². The Kier molecular flexibility index (Phi) is 9.37. The Morgan fingerprint density at radius 3 is 2.39 bits per heavy atom. The van der Waals surface area contributed by atoms with E-state index in [0.29, 0.717) is 41.5 Å². The molecule has 4 aromatic rings. The van der Waals surface area contributed by atoms with Gasteiger partial charge in [-0.3, -0.25) is 9.69 Å². The topological polar surface area (TPSA) is 111 Å². The third kappa shape index (κ3) is 8.65. The van der Waals surface area contributed by atoms with Gasteiger partial charge in [0.2, 0.25) is 5.91 Å². The van der Waals surface area contributed by atoms with Crippen LogP contribution in [0.5, 0.6) is 11.5 Å². The zero-order valence-corrected chi connectivity index (χ0v) is 26.3. The minimum atomic E-state index is -4.76. The molecule has 0 saturated carbocycles. The highest BCUT2D eigenvalue weighted by Gasteiger charge is 2.33. The maximum Gasteiger partial charge on any atom is 0.573 e. The number of alkyl halides is 3. The molecule has 240 valence electrons. The third-order valence-electron chi connectivity index (χ3n) is 6.45. The Morgan fingerprint density at radius 2 is 1.72 bits per heavy atom. The van der Waals surface area contributed by atoms with Crippen LogP contribution in [0.3, 0.4) is 0 Å². The summed E-state index contributed by atoms with van der Waals surface area (Å²) in [6.45, 7) is 7.67. The number of aromatic nitrogens is 3. The third-order valence-corrected chi connectivity index (χ3v) is 7.37. The van der Waals surface area contributed by atoms with Gasteiger partial charge in [-0.25, -0.2) is 14.5 Å². The molecule has 2 heterocycles. The molecule has 3 amide bonds. The van der Waals surface area contributed by atoms with E-state index in [1.165, 1.54) is 51.9 Å². The smallest absolute Gasteiger partial charge is 0.486 e. The minimum absolute atomic E-state index is 0.153. The number of benzene rings is 3. The number of aryl methyl sites for hydroxylation is 3. The van der Waals surface area contributed by atoms with Crippen molar-refractivity contribution >= 4 is 40.2 Å². The minimum Gasteiger partial charge on any atom is -0.486 e. The van der Waals surface area contributed by atoms with Crippen LogP contribution >= 0.6 is 11.8 Å². The van der Waals surface area contributed by atoms with Crippen LogP contribution in [0, 0.1) is 6.92 Å². The average Bonchev–Trinajstić information content (AvgIpc) is 3.59. The van der Waals surface area contributed by atoms with Gasteiger partial charge in [0.05, 0.1) is 17.1 Å². The summed E-state index contributed by atoms with van der Waals surface area (Å²) in [4.78, 5) is 35.6. The molecule has 1 N–H and O–H groups in total. The molecule has 1 aliphatic rings. The second kappa shape index (κ2) is 13.3. The first-order valence-electron chi connectivity index (χ1n) is 14.2. The van der Waals surface area contributed by atoms with Gasteiger partial charge in [0.1, 0.15) is 23.4 Å². The SMILES string of the molecule is Cc1ccc(OC(C)(C)C)c(N2C(=O)CSC2=NC(=O)Nc2ccc(CCc3ncn(-c4ccc(OC(F)(F)F)cc4)n3)cc2)c1. The summed E-state index contributed by atoms with van der Waals surface area (Å²) < 4.78 is 48.6. The monoisotopic (exact) mass is 652 g/mol. The van der Waals surface area contributed by atoms with Gasteiger partial charge in [-0.1, -0.05) is 30.0 Å². The van der Waals surface area contributed by atoms with Crippen molar-refractivity contribution in [3.63, 3.8) is 0 Å². The predicted molar refractivity (Wildman–Crippen MR) is 170 cm³/mol. The molecule has 1 aliphatic heterocycles. The first-order chi connectivity index (χ1) is 21.7. The summed E-state index contributed by atoms with van der Waals surface area (Å²) in [5.74, 6) is 0.716. The zero-order chi connectivity index (χ0) is 33.1. The van der Waals surface area contributed by atoms with Crippen LogP contribution < -0.4 is 19.7 Å². The molecule has 3 aromatic carbocycles. The van der Waals surface area contributed by atoms with Crippen molar-refractivity contribution in [3.05, 3.63) is 90.0 Å². The zero-order valence-electron chi connectivity index (χ0n) is 25.5. The fourth-order valence-electron chi connectivity index (χ4n) is 4.49. The van der Waals surface area contributed by atoms with Crippen LogP contribution in [0.1, 0.15) is 37.7 Å². The normalized spacial score (nSPS) is 14.5. The molecule has 1 fully saturated rings. The van der Waals surface area contributed by atoms with E-state index in [0.717, 1.165) is 11.1 Å². The van der Waals surface area contributed by atoms with Gasteiger partial charge in [-0.15, -0.1) is 13.2 Å². The van der Waals surface area contributed by atoms with Crippen LogP contribution in [0.15, 0.2) is 78.0 Å². The predicted octanol–water partition coefficient (Wildman–Crippen LogP) is 7.10. The van der Waals surface area contributed by atoms with E-state index in [4.69, 9.17) is 4.74 Å². The van der Waals surface area contributed by atoms with Crippen LogP contribution in [0.4, 0.5) is 29.3 Å². The average molecular weight is 653 g/mol. The second-order valence-corrected chi connectivity index (χ2v) is 12.3. The molecule has 5 rings (SSSR count). The van der Waals surface area contributed by atoms with Gasteiger partial charge in [-0.2, -0.15) is 10.1 Å². The number of nitrogens with one attached hydrogen (secondary N) is 1. The molecular formula is C32H31F3N6O4S. The second-order valence-electron chi connectivity index (χ2n) is 11.4. The highest BCUT2D eigenvalue weighted by atomic mass is 32.2. The Bertz CT molecular complexity index is 1750. The first kappa shape index (κ1) is 32.5. The van der Waals surface area contributed by atoms with Crippen molar-refractivity contribution in [3.8, 4) is 17.2 Å². The van der Waals surface area contributed by atoms with Crippen LogP contribution in [0.2, 0.25) is 0 Å². The number of amidine groups is 1. The summed E-state index contributed by atoms with van der Waals surface area (Å²) in [6.07, 6.45) is -2.14. The van der Waals surface area contributed by atoms with Crippen molar-refractivity contribution in [2.45, 2.75) is 52.5 Å². The maximum atomic E-state index is 12.9. The lowest BCUT2D eigenvalue weighted by Crippen LogP contribution is -2.32. The number of carbonyl (C=O) groups excluding carboxylic acids is 2. The lowest BCUT2D eigenvalue weighted by atomic mass is 10.1. The molecule has 0 atom stereocenters. The van der Waals surface area contributed by atoms with Gasteiger partial charge in [0.15, 0.2) is 11.0 Å². The van der Waals surface area contributed by atoms with Crippen LogP contribution in [-0.2, 0) is 17.6 Å². The first-order valence-corrected chi connectivity index (χ1v) is 15.2. The number of hydrogen-bond acceptors (Lipinski definition) is 7. The van der Waals surface area contributed by atoms with E-state index in [1.807, 2.05) is 58.0 Å². The Balaban J connectivity index is 1.19. The van der Waals surface area contributed by atoms with Crippen molar-refractivity contribution in [1.29, 1.82) is 0 Å². The van der Waals surface area contributed by atoms with Gasteiger partial charge in [-0.05, 0) is 93.8 Å². The summed E-state index contributed by atoms with van der Waals surface area (Å²) in [6, 6.07) is 17.5. The van der Waals surface area contributed by atoms with E-state index in [-0.39, 0.29) is 22.6 Å². The molecule has 0 radical (unpaired) electrons. The highest BCUT2D eigenvalue weighted by molar-refractivity contribution is 8.15. The number of urea groups is 1. The number of halogens is 3. The molecule has 10 nitrogen and oxygen atoms in total. The Labute approximate surface area is 267 Å². The van der Waals surface area contributed by atoms with Crippen molar-refractivity contribution in [1.82, 2.24) is 14.8 Å². The molecule has 0 aliphatic carbocycles. The number of carbonyl (C=O) groups is 2. The quantitative estimate of drug-likeness (QED) is 0.216. The molecule has 1 saturated heterocycles. The summed E-state index contributed by atoms with van der Waals surface area (Å²) in [5.41, 5.74) is 3.02. The number of amides is 3. The number of rotatable bonds is 8. The standard InChI is InChI=1S/C32H31F3N6O4S/c1-20-5-15-26(45-31(2,3)4)25(17-20)41-28(42)18-46-30(41)38-29(43)37-22-9-6-21(7-10-22)8-16-27-36-19-40(39-27)23-11-13-24(14-12-23)44-32(33,34)35/h5-7,9-15,17,19H,8,16,18H2,1-4H3,(H,37,43). The van der Waals surface area contributed by atoms with Gasteiger partial charge >= 0.3 is 12.4 Å². The molecule has 14 heteroatoms. The largest absolute Gasteiger partial charge is 0.573 e. The van der Waals surface area contributed by atoms with Crippen LogP contribution in [-0.4, -0.2) is 49.6 Å². The molecule has 1 aromatic heterocycles. The van der Waals surface area contributed by atoms with E-state index >= 15 is 0 Å². The number of ether oxygens (including phenoxy) is 2. The number of hydrogen-bond donors (Lipinski definition) is 1. The highest BCUT2D eigenvalue weighted by Crippen LogP contribution is 2.37. The summed E-state index contributed by atoms with van der Waals surface area (Å²) in [5, 5.41) is 7.41. The number of anilines is 2. The van der Waals surface area contributed by atoms with Crippen molar-refractivity contribution < 1.29 is 32.2 Å². The van der Waals surface area contributed by atoms with Gasteiger partial charge < -0.3 is 14.8 Å². The maximum absolute atomic E-state index is 12.9. The van der Waals surface area contributed by atoms with Gasteiger partial charge in [0.25, 0.3) is 0 Å². The molecule has 46 heavy (non-hydrogen) atoms. The fourth-order valence-corrected chi connectivity index (χ4v) is 5.34. The molecule has 0 spiro atoms. The fraction of sp³-hybridized carbons (Fsp3) is 0.281. The molecule has 0 unspecified atom stereocenters. The Hall–Kier alpha value is -4.85. The number of nitrogens with zero attached hydrogens (tertiary/aromatic N) is 5. The number of aliphatic imine (C=N–C) groups is 1. The van der Waals surface area contributed by atoms with Crippen molar-refractivity contribution in [2.24, 2.45) is 4.99 Å². The van der Waals surface area contributed by atoms with E-state index in [9.17, 15) is 22.8 Å². The molecular weight excluding hydrogens is 621 g/mol. The number of thioether (sulfide) groups is 1. The lowest BCUT2D eigenvalue weighted by molar-refractivity contribution is -0.274. The summed E-state index contributed by atoms with van der Waals surface area (Å²) >= 11 is 1.18.